The molecule has 2 N–H and O–H groups in total. The third-order valence-electron chi connectivity index (χ3n) is 4.59. The molecule has 1 aliphatic heterocycles. The maximum Gasteiger partial charge on any atom is 0.287 e. The molecule has 0 spiro atoms. The van der Waals surface area contributed by atoms with Crippen LogP contribution in [0.5, 0.6) is 0 Å². The van der Waals surface area contributed by atoms with E-state index in [1.165, 1.54) is 6.26 Å². The number of amides is 2. The fraction of sp³-hybridized carbons (Fsp3) is 0.600. The van der Waals surface area contributed by atoms with Crippen molar-refractivity contribution in [2.24, 2.45) is 11.8 Å². The Balaban J connectivity index is 1.57. The summed E-state index contributed by atoms with van der Waals surface area (Å²) in [4.78, 5) is 26.0. The van der Waals surface area contributed by atoms with Crippen LogP contribution < -0.4 is 5.32 Å². The minimum Gasteiger partial charge on any atom is -0.459 e. The van der Waals surface area contributed by atoms with Gasteiger partial charge in [0.15, 0.2) is 5.76 Å². The van der Waals surface area contributed by atoms with E-state index < -0.39 is 6.04 Å². The molecule has 1 saturated carbocycles. The highest BCUT2D eigenvalue weighted by atomic mass is 16.3. The number of nitrogens with zero attached hydrogens (tertiary/aromatic N) is 1. The van der Waals surface area contributed by atoms with Crippen LogP contribution in [-0.2, 0) is 4.79 Å². The van der Waals surface area contributed by atoms with Gasteiger partial charge in [-0.15, -0.1) is 0 Å². The van der Waals surface area contributed by atoms with Gasteiger partial charge < -0.3 is 19.7 Å². The Morgan fingerprint density at radius 1 is 1.43 bits per heavy atom. The zero-order valence-electron chi connectivity index (χ0n) is 12.0. The molecule has 1 aromatic heterocycles. The maximum absolute atomic E-state index is 12.4. The van der Waals surface area contributed by atoms with Gasteiger partial charge in [0, 0.05) is 19.0 Å². The monoisotopic (exact) mass is 292 g/mol. The van der Waals surface area contributed by atoms with Crippen LogP contribution in [-0.4, -0.2) is 47.1 Å². The van der Waals surface area contributed by atoms with E-state index in [2.05, 4.69) is 5.32 Å². The Morgan fingerprint density at radius 2 is 2.24 bits per heavy atom. The van der Waals surface area contributed by atoms with E-state index in [-0.39, 0.29) is 29.6 Å². The van der Waals surface area contributed by atoms with Gasteiger partial charge in [0.2, 0.25) is 5.91 Å². The predicted molar refractivity (Wildman–Crippen MR) is 74.4 cm³/mol. The largest absolute Gasteiger partial charge is 0.459 e. The number of carbonyl (C=O) groups is 2. The zero-order valence-corrected chi connectivity index (χ0v) is 12.0. The number of hydrogen-bond acceptors (Lipinski definition) is 4. The summed E-state index contributed by atoms with van der Waals surface area (Å²) in [5.74, 6) is 0.305. The standard InChI is InChI=1S/C15H20N2O4/c1-9(16-14(19)13-3-2-6-21-13)15(20)17-7-10-4-5-12(18)11(10)8-17/h2-3,6,9-12,18H,4-5,7-8H2,1H3,(H,16,19). The number of nitrogens with one attached hydrogen (secondary N) is 1. The van der Waals surface area contributed by atoms with Gasteiger partial charge in [-0.05, 0) is 37.8 Å². The lowest BCUT2D eigenvalue weighted by atomic mass is 10.00. The summed E-state index contributed by atoms with van der Waals surface area (Å²) in [5.41, 5.74) is 0. The average Bonchev–Trinajstić information content (AvgIpc) is 3.16. The van der Waals surface area contributed by atoms with Crippen LogP contribution in [0.2, 0.25) is 0 Å². The molecule has 6 nitrogen and oxygen atoms in total. The van der Waals surface area contributed by atoms with E-state index in [0.29, 0.717) is 19.0 Å². The molecule has 0 aromatic carbocycles. The van der Waals surface area contributed by atoms with Crippen molar-refractivity contribution in [2.45, 2.75) is 31.9 Å². The van der Waals surface area contributed by atoms with Gasteiger partial charge in [-0.3, -0.25) is 9.59 Å². The second kappa shape index (κ2) is 5.52. The number of rotatable bonds is 3. The number of carbonyl (C=O) groups excluding carboxylic acids is 2. The van der Waals surface area contributed by atoms with E-state index in [0.717, 1.165) is 12.8 Å². The van der Waals surface area contributed by atoms with Crippen molar-refractivity contribution in [3.05, 3.63) is 24.2 Å². The molecule has 4 unspecified atom stereocenters. The summed E-state index contributed by atoms with van der Waals surface area (Å²) in [7, 11) is 0. The second-order valence-electron chi connectivity index (χ2n) is 5.98. The van der Waals surface area contributed by atoms with Gasteiger partial charge in [-0.2, -0.15) is 0 Å². The Morgan fingerprint density at radius 3 is 2.90 bits per heavy atom. The van der Waals surface area contributed by atoms with Crippen LogP contribution in [0.25, 0.3) is 0 Å². The summed E-state index contributed by atoms with van der Waals surface area (Å²) in [6, 6.07) is 2.59. The molecular formula is C15H20N2O4. The van der Waals surface area contributed by atoms with E-state index in [1.807, 2.05) is 0 Å². The summed E-state index contributed by atoms with van der Waals surface area (Å²) in [6.45, 7) is 2.95. The van der Waals surface area contributed by atoms with Gasteiger partial charge in [0.25, 0.3) is 5.91 Å². The first-order valence-electron chi connectivity index (χ1n) is 7.37. The number of aliphatic hydroxyl groups is 1. The zero-order chi connectivity index (χ0) is 15.0. The lowest BCUT2D eigenvalue weighted by molar-refractivity contribution is -0.132. The molecule has 6 heteroatoms. The van der Waals surface area contributed by atoms with Gasteiger partial charge in [0.05, 0.1) is 12.4 Å². The fourth-order valence-corrected chi connectivity index (χ4v) is 3.43. The lowest BCUT2D eigenvalue weighted by Crippen LogP contribution is -2.46. The van der Waals surface area contributed by atoms with Crippen LogP contribution in [0.1, 0.15) is 30.3 Å². The quantitative estimate of drug-likeness (QED) is 0.856. The summed E-state index contributed by atoms with van der Waals surface area (Å²) < 4.78 is 5.01. The summed E-state index contributed by atoms with van der Waals surface area (Å²) >= 11 is 0. The van der Waals surface area contributed by atoms with Gasteiger partial charge in [-0.25, -0.2) is 0 Å². The van der Waals surface area contributed by atoms with Crippen LogP contribution in [0.4, 0.5) is 0 Å². The Bertz CT molecular complexity index is 528. The van der Waals surface area contributed by atoms with Crippen molar-refractivity contribution in [1.29, 1.82) is 0 Å². The Kier molecular flexibility index (Phi) is 3.71. The Labute approximate surface area is 123 Å². The topological polar surface area (TPSA) is 82.8 Å². The van der Waals surface area contributed by atoms with Crippen molar-refractivity contribution >= 4 is 11.8 Å². The van der Waals surface area contributed by atoms with Crippen molar-refractivity contribution in [2.75, 3.05) is 13.1 Å². The summed E-state index contributed by atoms with van der Waals surface area (Å²) in [6.07, 6.45) is 2.94. The second-order valence-corrected chi connectivity index (χ2v) is 5.98. The van der Waals surface area contributed by atoms with Crippen molar-refractivity contribution < 1.29 is 19.1 Å². The molecule has 1 saturated heterocycles. The van der Waals surface area contributed by atoms with Crippen molar-refractivity contribution in [1.82, 2.24) is 10.2 Å². The highest BCUT2D eigenvalue weighted by Gasteiger charge is 2.44. The molecule has 0 bridgehead atoms. The van der Waals surface area contributed by atoms with E-state index >= 15 is 0 Å². The van der Waals surface area contributed by atoms with Crippen molar-refractivity contribution in [3.8, 4) is 0 Å². The van der Waals surface area contributed by atoms with Crippen LogP contribution in [0, 0.1) is 11.8 Å². The van der Waals surface area contributed by atoms with Gasteiger partial charge in [-0.1, -0.05) is 0 Å². The maximum atomic E-state index is 12.4. The first kappa shape index (κ1) is 14.1. The first-order valence-corrected chi connectivity index (χ1v) is 7.37. The molecule has 1 aromatic rings. The third-order valence-corrected chi connectivity index (χ3v) is 4.59. The molecule has 114 valence electrons. The van der Waals surface area contributed by atoms with Crippen LogP contribution >= 0.6 is 0 Å². The van der Waals surface area contributed by atoms with Crippen LogP contribution in [0.15, 0.2) is 22.8 Å². The number of fused-ring (bicyclic) bond motifs is 1. The molecule has 2 heterocycles. The average molecular weight is 292 g/mol. The van der Waals surface area contributed by atoms with E-state index in [9.17, 15) is 14.7 Å². The molecule has 2 fully saturated rings. The predicted octanol–water partition coefficient (Wildman–Crippen LogP) is 0.627. The molecule has 2 aliphatic rings. The first-order chi connectivity index (χ1) is 10.1. The van der Waals surface area contributed by atoms with Gasteiger partial charge >= 0.3 is 0 Å². The molecule has 21 heavy (non-hydrogen) atoms. The number of hydrogen-bond donors (Lipinski definition) is 2. The molecule has 4 atom stereocenters. The van der Waals surface area contributed by atoms with Crippen LogP contribution in [0.3, 0.4) is 0 Å². The van der Waals surface area contributed by atoms with E-state index in [1.54, 1.807) is 24.0 Å². The highest BCUT2D eigenvalue weighted by Crippen LogP contribution is 2.38. The Hall–Kier alpha value is -1.82. The normalized spacial score (nSPS) is 29.2. The van der Waals surface area contributed by atoms with E-state index in [4.69, 9.17) is 4.42 Å². The summed E-state index contributed by atoms with van der Waals surface area (Å²) in [5, 5.41) is 12.5. The number of aliphatic hydroxyl groups excluding tert-OH is 1. The number of furan rings is 1. The van der Waals surface area contributed by atoms with Crippen molar-refractivity contribution in [3.63, 3.8) is 0 Å². The smallest absolute Gasteiger partial charge is 0.287 e. The minimum absolute atomic E-state index is 0.100. The molecule has 2 amide bonds. The molecule has 0 radical (unpaired) electrons. The van der Waals surface area contributed by atoms with Gasteiger partial charge in [0.1, 0.15) is 6.04 Å². The molecule has 1 aliphatic carbocycles. The lowest BCUT2D eigenvalue weighted by Gasteiger charge is -2.22. The molecular weight excluding hydrogens is 272 g/mol. The third kappa shape index (κ3) is 2.68. The minimum atomic E-state index is -0.599. The SMILES string of the molecule is CC(NC(=O)c1ccco1)C(=O)N1CC2CCC(O)C2C1. The number of likely N-dealkylation sites (tertiary alicyclic amines) is 1. The fourth-order valence-electron chi connectivity index (χ4n) is 3.43. The highest BCUT2D eigenvalue weighted by molar-refractivity contribution is 5.95. The molecule has 3 rings (SSSR count).